The van der Waals surface area contributed by atoms with Crippen molar-refractivity contribution in [3.63, 3.8) is 0 Å². The second-order valence-electron chi connectivity index (χ2n) is 3.72. The lowest BCUT2D eigenvalue weighted by molar-refractivity contribution is -0.142. The first-order valence-electron chi connectivity index (χ1n) is 5.13. The van der Waals surface area contributed by atoms with Gasteiger partial charge in [0.25, 0.3) is 5.56 Å². The lowest BCUT2D eigenvalue weighted by Gasteiger charge is -2.13. The molecule has 0 aromatic carbocycles. The van der Waals surface area contributed by atoms with Crippen LogP contribution in [0.25, 0.3) is 0 Å². The van der Waals surface area contributed by atoms with Crippen molar-refractivity contribution in [2.24, 2.45) is 0 Å². The van der Waals surface area contributed by atoms with Gasteiger partial charge in [0.2, 0.25) is 11.8 Å². The topological polar surface area (TPSA) is 72.3 Å². The minimum absolute atomic E-state index is 0.0481. The van der Waals surface area contributed by atoms with E-state index in [1.54, 1.807) is 0 Å². The Morgan fingerprint density at radius 1 is 1.47 bits per heavy atom. The molecule has 0 N–H and O–H groups in total. The van der Waals surface area contributed by atoms with Gasteiger partial charge in [-0.25, -0.2) is 4.98 Å². The highest BCUT2D eigenvalue weighted by atomic mass is 35.5. The molecule has 0 bridgehead atoms. The number of amides is 2. The zero-order valence-electron chi connectivity index (χ0n) is 8.93. The molecule has 1 fully saturated rings. The predicted molar refractivity (Wildman–Crippen MR) is 59.5 cm³/mol. The van der Waals surface area contributed by atoms with Crippen molar-refractivity contribution in [1.82, 2.24) is 14.5 Å². The van der Waals surface area contributed by atoms with Crippen molar-refractivity contribution in [1.29, 1.82) is 0 Å². The van der Waals surface area contributed by atoms with E-state index in [0.717, 1.165) is 9.47 Å². The molecular weight excluding hydrogens is 246 g/mol. The molecule has 0 spiro atoms. The van der Waals surface area contributed by atoms with Gasteiger partial charge in [-0.3, -0.25) is 23.9 Å². The normalized spacial score (nSPS) is 15.4. The van der Waals surface area contributed by atoms with Crippen LogP contribution in [0.3, 0.4) is 0 Å². The van der Waals surface area contributed by atoms with E-state index in [-0.39, 0.29) is 17.5 Å². The predicted octanol–water partition coefficient (Wildman–Crippen LogP) is 0.0457. The summed E-state index contributed by atoms with van der Waals surface area (Å²) in [5, 5.41) is -0.0481. The number of carbonyl (C=O) groups excluding carboxylic acids is 2. The highest BCUT2D eigenvalue weighted by Crippen LogP contribution is 2.10. The maximum atomic E-state index is 11.8. The van der Waals surface area contributed by atoms with Crippen LogP contribution in [-0.4, -0.2) is 32.8 Å². The SMILES string of the molecule is O=C1CCCN1C(=O)Cn1cncc(Cl)c1=O. The molecule has 1 saturated heterocycles. The Morgan fingerprint density at radius 3 is 2.88 bits per heavy atom. The summed E-state index contributed by atoms with van der Waals surface area (Å²) in [5.41, 5.74) is -0.485. The summed E-state index contributed by atoms with van der Waals surface area (Å²) < 4.78 is 1.09. The van der Waals surface area contributed by atoms with E-state index >= 15 is 0 Å². The van der Waals surface area contributed by atoms with Crippen LogP contribution in [0.2, 0.25) is 5.02 Å². The molecule has 0 aliphatic carbocycles. The van der Waals surface area contributed by atoms with Gasteiger partial charge in [-0.05, 0) is 6.42 Å². The summed E-state index contributed by atoms with van der Waals surface area (Å²) in [5.74, 6) is -0.600. The molecule has 0 saturated carbocycles. The van der Waals surface area contributed by atoms with E-state index in [9.17, 15) is 14.4 Å². The van der Waals surface area contributed by atoms with Gasteiger partial charge in [0.15, 0.2) is 0 Å². The molecule has 2 heterocycles. The molecule has 1 aromatic rings. The molecular formula is C10H10ClN3O3. The first kappa shape index (κ1) is 11.8. The molecule has 90 valence electrons. The summed E-state index contributed by atoms with van der Waals surface area (Å²) in [6.45, 7) is 0.207. The summed E-state index contributed by atoms with van der Waals surface area (Å²) >= 11 is 5.60. The van der Waals surface area contributed by atoms with E-state index < -0.39 is 11.5 Å². The summed E-state index contributed by atoms with van der Waals surface area (Å²) in [6, 6.07) is 0. The monoisotopic (exact) mass is 255 g/mol. The van der Waals surface area contributed by atoms with E-state index in [2.05, 4.69) is 4.98 Å². The minimum atomic E-state index is -0.485. The van der Waals surface area contributed by atoms with Crippen molar-refractivity contribution in [2.45, 2.75) is 19.4 Å². The van der Waals surface area contributed by atoms with E-state index in [4.69, 9.17) is 11.6 Å². The molecule has 0 unspecified atom stereocenters. The zero-order chi connectivity index (χ0) is 12.4. The Bertz CT molecular complexity index is 526. The van der Waals surface area contributed by atoms with Gasteiger partial charge in [-0.1, -0.05) is 11.6 Å². The molecule has 1 aliphatic heterocycles. The summed E-state index contributed by atoms with van der Waals surface area (Å²) in [4.78, 5) is 39.5. The van der Waals surface area contributed by atoms with Crippen molar-refractivity contribution in [3.8, 4) is 0 Å². The fourth-order valence-electron chi connectivity index (χ4n) is 1.68. The largest absolute Gasteiger partial charge is 0.288 e. The molecule has 6 nitrogen and oxygen atoms in total. The lowest BCUT2D eigenvalue weighted by Crippen LogP contribution is -2.37. The van der Waals surface area contributed by atoms with Crippen molar-refractivity contribution in [3.05, 3.63) is 27.9 Å². The second-order valence-corrected chi connectivity index (χ2v) is 4.12. The van der Waals surface area contributed by atoms with Crippen molar-refractivity contribution < 1.29 is 9.59 Å². The molecule has 0 radical (unpaired) electrons. The zero-order valence-corrected chi connectivity index (χ0v) is 9.68. The lowest BCUT2D eigenvalue weighted by atomic mass is 10.4. The van der Waals surface area contributed by atoms with Gasteiger partial charge >= 0.3 is 0 Å². The van der Waals surface area contributed by atoms with Crippen LogP contribution in [-0.2, 0) is 16.1 Å². The molecule has 17 heavy (non-hydrogen) atoms. The minimum Gasteiger partial charge on any atom is -0.288 e. The molecule has 1 aliphatic rings. The van der Waals surface area contributed by atoms with Crippen LogP contribution < -0.4 is 5.56 Å². The number of imide groups is 1. The van der Waals surface area contributed by atoms with Gasteiger partial charge in [0.05, 0.1) is 12.5 Å². The van der Waals surface area contributed by atoms with Crippen LogP contribution in [0.4, 0.5) is 0 Å². The first-order valence-corrected chi connectivity index (χ1v) is 5.50. The standard InChI is InChI=1S/C10H10ClN3O3/c11-7-4-12-6-13(10(7)17)5-9(16)14-3-1-2-8(14)15/h4,6H,1-3,5H2. The van der Waals surface area contributed by atoms with E-state index in [0.29, 0.717) is 19.4 Å². The number of rotatable bonds is 2. The number of likely N-dealkylation sites (tertiary alicyclic amines) is 1. The molecule has 2 amide bonds. The molecule has 0 atom stereocenters. The summed E-state index contributed by atoms with van der Waals surface area (Å²) in [6.07, 6.45) is 3.50. The van der Waals surface area contributed by atoms with Gasteiger partial charge in [0, 0.05) is 13.0 Å². The maximum absolute atomic E-state index is 11.8. The quantitative estimate of drug-likeness (QED) is 0.748. The smallest absolute Gasteiger partial charge is 0.272 e. The Kier molecular flexibility index (Phi) is 3.23. The highest BCUT2D eigenvalue weighted by molar-refractivity contribution is 6.30. The van der Waals surface area contributed by atoms with Crippen LogP contribution in [0, 0.1) is 0 Å². The summed E-state index contributed by atoms with van der Waals surface area (Å²) in [7, 11) is 0. The number of halogens is 1. The highest BCUT2D eigenvalue weighted by Gasteiger charge is 2.26. The average molecular weight is 256 g/mol. The third-order valence-corrected chi connectivity index (χ3v) is 2.80. The number of carbonyl (C=O) groups is 2. The fourth-order valence-corrected chi connectivity index (χ4v) is 1.84. The molecule has 1 aromatic heterocycles. The number of nitrogens with zero attached hydrogens (tertiary/aromatic N) is 3. The van der Waals surface area contributed by atoms with E-state index in [1.165, 1.54) is 12.5 Å². The van der Waals surface area contributed by atoms with Crippen molar-refractivity contribution >= 4 is 23.4 Å². The molecule has 2 rings (SSSR count). The third kappa shape index (κ3) is 2.36. The Balaban J connectivity index is 2.16. The molecule has 7 heteroatoms. The van der Waals surface area contributed by atoms with Gasteiger partial charge in [-0.15, -0.1) is 0 Å². The van der Waals surface area contributed by atoms with E-state index in [1.807, 2.05) is 0 Å². The first-order chi connectivity index (χ1) is 8.09. The fraction of sp³-hybridized carbons (Fsp3) is 0.400. The van der Waals surface area contributed by atoms with Gasteiger partial charge < -0.3 is 0 Å². The van der Waals surface area contributed by atoms with Crippen LogP contribution in [0.1, 0.15) is 12.8 Å². The second kappa shape index (κ2) is 4.67. The van der Waals surface area contributed by atoms with Crippen LogP contribution >= 0.6 is 11.6 Å². The van der Waals surface area contributed by atoms with Crippen LogP contribution in [0.15, 0.2) is 17.3 Å². The van der Waals surface area contributed by atoms with Gasteiger partial charge in [0.1, 0.15) is 11.6 Å². The Hall–Kier alpha value is -1.69. The Labute approximate surface area is 102 Å². The number of aromatic nitrogens is 2. The average Bonchev–Trinajstić information content (AvgIpc) is 2.71. The Morgan fingerprint density at radius 2 is 2.24 bits per heavy atom. The van der Waals surface area contributed by atoms with Crippen LogP contribution in [0.5, 0.6) is 0 Å². The van der Waals surface area contributed by atoms with Crippen molar-refractivity contribution in [2.75, 3.05) is 6.54 Å². The third-order valence-electron chi connectivity index (χ3n) is 2.54. The van der Waals surface area contributed by atoms with Gasteiger partial charge in [-0.2, -0.15) is 0 Å². The number of hydrogen-bond acceptors (Lipinski definition) is 4. The maximum Gasteiger partial charge on any atom is 0.272 e. The number of hydrogen-bond donors (Lipinski definition) is 0.